The number of anilines is 1. The summed E-state index contributed by atoms with van der Waals surface area (Å²) in [5, 5.41) is 8.68. The molecule has 1 aliphatic rings. The molecule has 1 aliphatic heterocycles. The van der Waals surface area contributed by atoms with Crippen LogP contribution in [0.5, 0.6) is 0 Å². The van der Waals surface area contributed by atoms with Gasteiger partial charge in [0.25, 0.3) is 0 Å². The first kappa shape index (κ1) is 16.4. The van der Waals surface area contributed by atoms with E-state index in [0.29, 0.717) is 0 Å². The van der Waals surface area contributed by atoms with Crippen molar-refractivity contribution in [3.63, 3.8) is 0 Å². The van der Waals surface area contributed by atoms with Gasteiger partial charge in [0.1, 0.15) is 5.82 Å². The average molecular weight is 347 g/mol. The largest absolute Gasteiger partial charge is 0.478 e. The van der Waals surface area contributed by atoms with E-state index in [2.05, 4.69) is 28.1 Å². The van der Waals surface area contributed by atoms with Gasteiger partial charge in [-0.25, -0.2) is 9.78 Å². The minimum absolute atomic E-state index is 0.719. The van der Waals surface area contributed by atoms with Gasteiger partial charge in [-0.2, -0.15) is 0 Å². The molecule has 1 saturated heterocycles. The Morgan fingerprint density at radius 1 is 1.15 bits per heavy atom. The number of aromatic nitrogens is 2. The van der Waals surface area contributed by atoms with Crippen molar-refractivity contribution in [2.45, 2.75) is 19.3 Å². The number of rotatable bonds is 5. The standard InChI is InChI=1S/C21H21N3O2/c25-21(26)10-7-15-3-5-16(6-4-15)13-20-22-18-9-8-17(14-19(18)23-20)24-11-1-2-12-24/h3-10,14H,1-2,11-13H2,(H,22,23)(H,25,26)/b10-7+. The van der Waals surface area contributed by atoms with Crippen molar-refractivity contribution in [3.8, 4) is 0 Å². The Bertz CT molecular complexity index is 951. The number of carboxylic acids is 1. The SMILES string of the molecule is O=C(O)/C=C/c1ccc(Cc2nc3ccc(N4CCCC4)cc3[nH]2)cc1. The number of carbonyl (C=O) groups is 1. The first-order chi connectivity index (χ1) is 12.7. The molecule has 2 heterocycles. The van der Waals surface area contributed by atoms with Gasteiger partial charge in [-0.3, -0.25) is 0 Å². The molecule has 1 fully saturated rings. The van der Waals surface area contributed by atoms with E-state index in [0.717, 1.165) is 53.6 Å². The third kappa shape index (κ3) is 3.61. The normalized spacial score (nSPS) is 14.5. The first-order valence-electron chi connectivity index (χ1n) is 8.91. The van der Waals surface area contributed by atoms with Gasteiger partial charge in [0.2, 0.25) is 0 Å². The second kappa shape index (κ2) is 7.04. The molecule has 0 radical (unpaired) electrons. The van der Waals surface area contributed by atoms with E-state index in [4.69, 9.17) is 10.1 Å². The molecule has 2 N–H and O–H groups in total. The molecule has 0 spiro atoms. The number of nitrogens with one attached hydrogen (secondary N) is 1. The summed E-state index contributed by atoms with van der Waals surface area (Å²) in [5.74, 6) is -0.00273. The molecule has 26 heavy (non-hydrogen) atoms. The Balaban J connectivity index is 1.50. The van der Waals surface area contributed by atoms with Crippen LogP contribution in [0.4, 0.5) is 5.69 Å². The highest BCUT2D eigenvalue weighted by atomic mass is 16.4. The van der Waals surface area contributed by atoms with Gasteiger partial charge >= 0.3 is 5.97 Å². The molecule has 5 heteroatoms. The molecule has 0 saturated carbocycles. The summed E-state index contributed by atoms with van der Waals surface area (Å²) < 4.78 is 0. The molecular weight excluding hydrogens is 326 g/mol. The minimum Gasteiger partial charge on any atom is -0.478 e. The maximum Gasteiger partial charge on any atom is 0.328 e. The van der Waals surface area contributed by atoms with E-state index in [1.54, 1.807) is 6.08 Å². The second-order valence-corrected chi connectivity index (χ2v) is 6.67. The van der Waals surface area contributed by atoms with Crippen molar-refractivity contribution in [3.05, 3.63) is 65.5 Å². The van der Waals surface area contributed by atoms with Crippen LogP contribution in [0.25, 0.3) is 17.1 Å². The summed E-state index contributed by atoms with van der Waals surface area (Å²) in [7, 11) is 0. The zero-order valence-corrected chi connectivity index (χ0v) is 14.5. The fraction of sp³-hybridized carbons (Fsp3) is 0.238. The van der Waals surface area contributed by atoms with Gasteiger partial charge in [0.05, 0.1) is 11.0 Å². The van der Waals surface area contributed by atoms with Crippen molar-refractivity contribution >= 4 is 28.8 Å². The lowest BCUT2D eigenvalue weighted by molar-refractivity contribution is -0.131. The van der Waals surface area contributed by atoms with Crippen LogP contribution in [-0.2, 0) is 11.2 Å². The average Bonchev–Trinajstić information content (AvgIpc) is 3.29. The van der Waals surface area contributed by atoms with Gasteiger partial charge in [0, 0.05) is 31.3 Å². The van der Waals surface area contributed by atoms with E-state index >= 15 is 0 Å². The molecule has 0 unspecified atom stereocenters. The quantitative estimate of drug-likeness (QED) is 0.688. The van der Waals surface area contributed by atoms with E-state index in [1.165, 1.54) is 18.5 Å². The Labute approximate surface area is 152 Å². The molecule has 0 bridgehead atoms. The number of fused-ring (bicyclic) bond motifs is 1. The van der Waals surface area contributed by atoms with E-state index < -0.39 is 5.97 Å². The van der Waals surface area contributed by atoms with Crippen LogP contribution in [-0.4, -0.2) is 34.1 Å². The lowest BCUT2D eigenvalue weighted by Gasteiger charge is -2.17. The minimum atomic E-state index is -0.940. The molecule has 5 nitrogen and oxygen atoms in total. The third-order valence-corrected chi connectivity index (χ3v) is 4.76. The summed E-state index contributed by atoms with van der Waals surface area (Å²) in [6.45, 7) is 2.27. The van der Waals surface area contributed by atoms with Gasteiger partial charge in [-0.05, 0) is 48.2 Å². The molecular formula is C21H21N3O2. The van der Waals surface area contributed by atoms with Crippen LogP contribution in [0.15, 0.2) is 48.5 Å². The molecule has 4 rings (SSSR count). The molecule has 2 aromatic carbocycles. The predicted molar refractivity (Wildman–Crippen MR) is 103 cm³/mol. The maximum absolute atomic E-state index is 10.6. The topological polar surface area (TPSA) is 69.2 Å². The number of nitrogens with zero attached hydrogens (tertiary/aromatic N) is 2. The van der Waals surface area contributed by atoms with Gasteiger partial charge < -0.3 is 15.0 Å². The van der Waals surface area contributed by atoms with Crippen molar-refractivity contribution in [1.82, 2.24) is 9.97 Å². The van der Waals surface area contributed by atoms with Gasteiger partial charge in [-0.15, -0.1) is 0 Å². The van der Waals surface area contributed by atoms with Gasteiger partial charge in [-0.1, -0.05) is 24.3 Å². The molecule has 0 amide bonds. The lowest BCUT2D eigenvalue weighted by Crippen LogP contribution is -2.17. The molecule has 0 atom stereocenters. The number of hydrogen-bond acceptors (Lipinski definition) is 3. The van der Waals surface area contributed by atoms with Crippen LogP contribution < -0.4 is 4.90 Å². The third-order valence-electron chi connectivity index (χ3n) is 4.76. The highest BCUT2D eigenvalue weighted by Gasteiger charge is 2.13. The first-order valence-corrected chi connectivity index (χ1v) is 8.91. The van der Waals surface area contributed by atoms with Crippen LogP contribution in [0.2, 0.25) is 0 Å². The predicted octanol–water partition coefficient (Wildman–Crippen LogP) is 3.85. The number of H-pyrrole nitrogens is 1. The molecule has 132 valence electrons. The van der Waals surface area contributed by atoms with Crippen molar-refractivity contribution < 1.29 is 9.90 Å². The highest BCUT2D eigenvalue weighted by Crippen LogP contribution is 2.24. The fourth-order valence-corrected chi connectivity index (χ4v) is 3.41. The number of carboxylic acid groups (broad SMARTS) is 1. The van der Waals surface area contributed by atoms with E-state index in [9.17, 15) is 4.79 Å². The summed E-state index contributed by atoms with van der Waals surface area (Å²) in [6, 6.07) is 14.3. The molecule has 1 aromatic heterocycles. The second-order valence-electron chi connectivity index (χ2n) is 6.67. The summed E-state index contributed by atoms with van der Waals surface area (Å²) in [5.41, 5.74) is 5.33. The monoisotopic (exact) mass is 347 g/mol. The van der Waals surface area contributed by atoms with Crippen LogP contribution in [0.1, 0.15) is 29.8 Å². The van der Waals surface area contributed by atoms with E-state index in [-0.39, 0.29) is 0 Å². The summed E-state index contributed by atoms with van der Waals surface area (Å²) >= 11 is 0. The highest BCUT2D eigenvalue weighted by molar-refractivity contribution is 5.85. The van der Waals surface area contributed by atoms with Crippen LogP contribution in [0, 0.1) is 0 Å². The summed E-state index contributed by atoms with van der Waals surface area (Å²) in [6.07, 6.45) is 5.99. The fourth-order valence-electron chi connectivity index (χ4n) is 3.41. The smallest absolute Gasteiger partial charge is 0.328 e. The Morgan fingerprint density at radius 3 is 2.65 bits per heavy atom. The Kier molecular flexibility index (Phi) is 4.44. The molecule has 3 aromatic rings. The van der Waals surface area contributed by atoms with Crippen molar-refractivity contribution in [2.24, 2.45) is 0 Å². The zero-order chi connectivity index (χ0) is 17.9. The Morgan fingerprint density at radius 2 is 1.92 bits per heavy atom. The maximum atomic E-state index is 10.6. The van der Waals surface area contributed by atoms with Crippen LogP contribution >= 0.6 is 0 Å². The van der Waals surface area contributed by atoms with Crippen molar-refractivity contribution in [1.29, 1.82) is 0 Å². The van der Waals surface area contributed by atoms with E-state index in [1.807, 2.05) is 24.3 Å². The number of benzene rings is 2. The summed E-state index contributed by atoms with van der Waals surface area (Å²) in [4.78, 5) is 21.1. The zero-order valence-electron chi connectivity index (χ0n) is 14.5. The number of aliphatic carboxylic acids is 1. The molecule has 0 aliphatic carbocycles. The Hall–Kier alpha value is -3.08. The van der Waals surface area contributed by atoms with Crippen molar-refractivity contribution in [2.75, 3.05) is 18.0 Å². The van der Waals surface area contributed by atoms with Gasteiger partial charge in [0.15, 0.2) is 0 Å². The number of aromatic amines is 1. The number of hydrogen-bond donors (Lipinski definition) is 2. The van der Waals surface area contributed by atoms with Crippen LogP contribution in [0.3, 0.4) is 0 Å². The number of imidazole rings is 1. The lowest BCUT2D eigenvalue weighted by atomic mass is 10.1.